The van der Waals surface area contributed by atoms with E-state index in [0.29, 0.717) is 5.56 Å². The van der Waals surface area contributed by atoms with Crippen LogP contribution in [0.2, 0.25) is 0 Å². The molecule has 0 saturated carbocycles. The van der Waals surface area contributed by atoms with Gasteiger partial charge in [0.2, 0.25) is 0 Å². The Morgan fingerprint density at radius 1 is 1.00 bits per heavy atom. The molecule has 0 radical (unpaired) electrons. The molecule has 0 atom stereocenters. The minimum absolute atomic E-state index is 0.00247. The Morgan fingerprint density at radius 2 is 1.57 bits per heavy atom. The number of carbonyl (C=O) groups is 1. The number of anilines is 1. The maximum atomic E-state index is 12.2. The standard InChI is InChI=1S/C18H21NO2/c1-18(2,3)15-8-6-14(7-9-15)17(21)19-16-10-4-13(12-20)5-11-16/h4-11,20H,12H2,1-3H3,(H,19,21). The molecule has 110 valence electrons. The van der Waals surface area contributed by atoms with Gasteiger partial charge >= 0.3 is 0 Å². The number of carbonyl (C=O) groups excluding carboxylic acids is 1. The Balaban J connectivity index is 2.09. The first-order chi connectivity index (χ1) is 9.90. The molecule has 2 aromatic carbocycles. The summed E-state index contributed by atoms with van der Waals surface area (Å²) in [6.45, 7) is 6.43. The zero-order chi connectivity index (χ0) is 15.5. The fourth-order valence-corrected chi connectivity index (χ4v) is 2.02. The van der Waals surface area contributed by atoms with Crippen LogP contribution in [-0.2, 0) is 12.0 Å². The van der Waals surface area contributed by atoms with E-state index in [2.05, 4.69) is 26.1 Å². The molecule has 0 unspecified atom stereocenters. The van der Waals surface area contributed by atoms with Crippen molar-refractivity contribution >= 4 is 11.6 Å². The molecule has 21 heavy (non-hydrogen) atoms. The van der Waals surface area contributed by atoms with Crippen molar-refractivity contribution in [3.63, 3.8) is 0 Å². The highest BCUT2D eigenvalue weighted by atomic mass is 16.3. The predicted octanol–water partition coefficient (Wildman–Crippen LogP) is 3.73. The first-order valence-corrected chi connectivity index (χ1v) is 7.02. The lowest BCUT2D eigenvalue weighted by atomic mass is 9.87. The van der Waals surface area contributed by atoms with Crippen molar-refractivity contribution in [2.45, 2.75) is 32.8 Å². The number of aliphatic hydroxyl groups excluding tert-OH is 1. The van der Waals surface area contributed by atoms with E-state index in [4.69, 9.17) is 5.11 Å². The summed E-state index contributed by atoms with van der Waals surface area (Å²) in [7, 11) is 0. The monoisotopic (exact) mass is 283 g/mol. The maximum absolute atomic E-state index is 12.2. The van der Waals surface area contributed by atoms with Crippen LogP contribution < -0.4 is 5.32 Å². The summed E-state index contributed by atoms with van der Waals surface area (Å²) in [4.78, 5) is 12.2. The van der Waals surface area contributed by atoms with Crippen molar-refractivity contribution in [2.75, 3.05) is 5.32 Å². The van der Waals surface area contributed by atoms with Crippen LogP contribution in [0, 0.1) is 0 Å². The molecule has 0 spiro atoms. The van der Waals surface area contributed by atoms with Gasteiger partial charge in [-0.3, -0.25) is 4.79 Å². The van der Waals surface area contributed by atoms with E-state index in [1.54, 1.807) is 24.3 Å². The molecule has 0 saturated heterocycles. The SMILES string of the molecule is CC(C)(C)c1ccc(C(=O)Nc2ccc(CO)cc2)cc1. The lowest BCUT2D eigenvalue weighted by molar-refractivity contribution is 0.102. The zero-order valence-electron chi connectivity index (χ0n) is 12.7. The Morgan fingerprint density at radius 3 is 2.05 bits per heavy atom. The molecule has 2 N–H and O–H groups in total. The molecule has 1 amide bonds. The molecule has 0 aliphatic rings. The van der Waals surface area contributed by atoms with Gasteiger partial charge in [0.25, 0.3) is 5.91 Å². The topological polar surface area (TPSA) is 49.3 Å². The van der Waals surface area contributed by atoms with Gasteiger partial charge in [0, 0.05) is 11.3 Å². The number of rotatable bonds is 3. The number of benzene rings is 2. The fraction of sp³-hybridized carbons (Fsp3) is 0.278. The van der Waals surface area contributed by atoms with Crippen molar-refractivity contribution in [1.29, 1.82) is 0 Å². The van der Waals surface area contributed by atoms with E-state index in [1.807, 2.05) is 24.3 Å². The third-order valence-electron chi connectivity index (χ3n) is 3.41. The number of aliphatic hydroxyl groups is 1. The van der Waals surface area contributed by atoms with Gasteiger partial charge in [-0.1, -0.05) is 45.0 Å². The Labute approximate surface area is 125 Å². The predicted molar refractivity (Wildman–Crippen MR) is 85.5 cm³/mol. The largest absolute Gasteiger partial charge is 0.392 e. The van der Waals surface area contributed by atoms with Crippen LogP contribution in [0.25, 0.3) is 0 Å². The van der Waals surface area contributed by atoms with Crippen LogP contribution >= 0.6 is 0 Å². The summed E-state index contributed by atoms with van der Waals surface area (Å²) in [5.74, 6) is -0.132. The molecule has 0 aliphatic carbocycles. The molecule has 0 aromatic heterocycles. The first kappa shape index (κ1) is 15.3. The second kappa shape index (κ2) is 6.10. The van der Waals surface area contributed by atoms with Crippen molar-refractivity contribution in [2.24, 2.45) is 0 Å². The molecule has 0 fully saturated rings. The molecule has 0 bridgehead atoms. The number of amides is 1. The van der Waals surface area contributed by atoms with Crippen molar-refractivity contribution in [3.8, 4) is 0 Å². The summed E-state index contributed by atoms with van der Waals surface area (Å²) in [6.07, 6.45) is 0. The smallest absolute Gasteiger partial charge is 0.255 e. The highest BCUT2D eigenvalue weighted by Gasteiger charge is 2.14. The molecule has 0 aliphatic heterocycles. The second-order valence-electron chi connectivity index (χ2n) is 6.14. The average Bonchev–Trinajstić information content (AvgIpc) is 2.47. The van der Waals surface area contributed by atoms with E-state index >= 15 is 0 Å². The molecular weight excluding hydrogens is 262 g/mol. The minimum Gasteiger partial charge on any atom is -0.392 e. The van der Waals surface area contributed by atoms with E-state index < -0.39 is 0 Å². The lowest BCUT2D eigenvalue weighted by Gasteiger charge is -2.19. The van der Waals surface area contributed by atoms with Gasteiger partial charge in [0.05, 0.1) is 6.61 Å². The molecule has 3 heteroatoms. The molecule has 2 aromatic rings. The quantitative estimate of drug-likeness (QED) is 0.901. The number of nitrogens with one attached hydrogen (secondary N) is 1. The fourth-order valence-electron chi connectivity index (χ4n) is 2.02. The summed E-state index contributed by atoms with van der Waals surface area (Å²) in [5.41, 5.74) is 3.45. The third-order valence-corrected chi connectivity index (χ3v) is 3.41. The second-order valence-corrected chi connectivity index (χ2v) is 6.14. The van der Waals surface area contributed by atoms with Crippen molar-refractivity contribution in [1.82, 2.24) is 0 Å². The molecule has 0 heterocycles. The minimum atomic E-state index is -0.132. The number of hydrogen-bond acceptors (Lipinski definition) is 2. The summed E-state index contributed by atoms with van der Waals surface area (Å²) < 4.78 is 0. The van der Waals surface area contributed by atoms with Gasteiger partial charge in [-0.05, 0) is 40.8 Å². The summed E-state index contributed by atoms with van der Waals surface area (Å²) >= 11 is 0. The van der Waals surface area contributed by atoms with Gasteiger partial charge in [-0.15, -0.1) is 0 Å². The van der Waals surface area contributed by atoms with Gasteiger partial charge in [0.1, 0.15) is 0 Å². The first-order valence-electron chi connectivity index (χ1n) is 7.02. The molecule has 3 nitrogen and oxygen atoms in total. The van der Waals surface area contributed by atoms with Crippen LogP contribution in [0.1, 0.15) is 42.3 Å². The highest BCUT2D eigenvalue weighted by molar-refractivity contribution is 6.04. The van der Waals surface area contributed by atoms with Crippen molar-refractivity contribution in [3.05, 3.63) is 65.2 Å². The zero-order valence-corrected chi connectivity index (χ0v) is 12.7. The van der Waals surface area contributed by atoms with Crippen LogP contribution in [0.5, 0.6) is 0 Å². The molecule has 2 rings (SSSR count). The van der Waals surface area contributed by atoms with E-state index in [9.17, 15) is 4.79 Å². The van der Waals surface area contributed by atoms with Gasteiger partial charge in [-0.2, -0.15) is 0 Å². The van der Waals surface area contributed by atoms with E-state index in [-0.39, 0.29) is 17.9 Å². The maximum Gasteiger partial charge on any atom is 0.255 e. The summed E-state index contributed by atoms with van der Waals surface area (Å²) in [5, 5.41) is 11.8. The number of hydrogen-bond donors (Lipinski definition) is 2. The van der Waals surface area contributed by atoms with Gasteiger partial charge < -0.3 is 10.4 Å². The van der Waals surface area contributed by atoms with Crippen LogP contribution in [0.4, 0.5) is 5.69 Å². The highest BCUT2D eigenvalue weighted by Crippen LogP contribution is 2.22. The van der Waals surface area contributed by atoms with E-state index in [0.717, 1.165) is 11.3 Å². The average molecular weight is 283 g/mol. The third kappa shape index (κ3) is 3.92. The summed E-state index contributed by atoms with van der Waals surface area (Å²) in [6, 6.07) is 14.8. The Kier molecular flexibility index (Phi) is 4.43. The molecular formula is C18H21NO2. The van der Waals surface area contributed by atoms with Crippen LogP contribution in [-0.4, -0.2) is 11.0 Å². The van der Waals surface area contributed by atoms with Gasteiger partial charge in [0.15, 0.2) is 0 Å². The Hall–Kier alpha value is -2.13. The Bertz CT molecular complexity index is 607. The van der Waals surface area contributed by atoms with E-state index in [1.165, 1.54) is 5.56 Å². The van der Waals surface area contributed by atoms with Gasteiger partial charge in [-0.25, -0.2) is 0 Å². The van der Waals surface area contributed by atoms with Crippen LogP contribution in [0.3, 0.4) is 0 Å². The van der Waals surface area contributed by atoms with Crippen molar-refractivity contribution < 1.29 is 9.90 Å². The van der Waals surface area contributed by atoms with Crippen LogP contribution in [0.15, 0.2) is 48.5 Å². The normalized spacial score (nSPS) is 11.2. The lowest BCUT2D eigenvalue weighted by Crippen LogP contribution is -2.14.